The van der Waals surface area contributed by atoms with Crippen molar-refractivity contribution in [2.75, 3.05) is 7.11 Å². The van der Waals surface area contributed by atoms with Crippen molar-refractivity contribution in [2.45, 2.75) is 18.7 Å². The fourth-order valence-corrected chi connectivity index (χ4v) is 1.54. The molecule has 5 heteroatoms. The van der Waals surface area contributed by atoms with Gasteiger partial charge in [0.05, 0.1) is 7.11 Å². The van der Waals surface area contributed by atoms with Crippen LogP contribution in [0.3, 0.4) is 0 Å². The van der Waals surface area contributed by atoms with E-state index in [1.807, 2.05) is 0 Å². The molecule has 16 heavy (non-hydrogen) atoms. The van der Waals surface area contributed by atoms with E-state index in [-0.39, 0.29) is 12.0 Å². The zero-order chi connectivity index (χ0) is 12.3. The highest BCUT2D eigenvalue weighted by Crippen LogP contribution is 2.20. The summed E-state index contributed by atoms with van der Waals surface area (Å²) in [6, 6.07) is 2.48. The van der Waals surface area contributed by atoms with Crippen LogP contribution in [0, 0.1) is 18.6 Å². The number of ether oxygens (including phenoxy) is 1. The van der Waals surface area contributed by atoms with Crippen LogP contribution in [0.5, 0.6) is 0 Å². The van der Waals surface area contributed by atoms with E-state index in [2.05, 4.69) is 4.74 Å². The van der Waals surface area contributed by atoms with Gasteiger partial charge in [-0.25, -0.2) is 8.78 Å². The Morgan fingerprint density at radius 1 is 1.50 bits per heavy atom. The van der Waals surface area contributed by atoms with Crippen LogP contribution in [0.25, 0.3) is 0 Å². The summed E-state index contributed by atoms with van der Waals surface area (Å²) < 4.78 is 31.2. The lowest BCUT2D eigenvalue weighted by atomic mass is 10.0. The Morgan fingerprint density at radius 2 is 2.12 bits per heavy atom. The van der Waals surface area contributed by atoms with Crippen LogP contribution in [0.1, 0.15) is 11.1 Å². The molecule has 0 saturated carbocycles. The molecule has 0 radical (unpaired) electrons. The van der Waals surface area contributed by atoms with Crippen LogP contribution in [-0.4, -0.2) is 18.5 Å². The number of hydrogen-bond donors (Lipinski definition) is 0. The second-order valence-electron chi connectivity index (χ2n) is 3.35. The lowest BCUT2D eigenvalue weighted by Gasteiger charge is -2.10. The van der Waals surface area contributed by atoms with E-state index in [0.29, 0.717) is 5.56 Å². The number of carbonyl (C=O) groups excluding carboxylic acids is 1. The minimum absolute atomic E-state index is 0.189. The molecule has 0 saturated heterocycles. The van der Waals surface area contributed by atoms with Crippen LogP contribution in [0.4, 0.5) is 8.78 Å². The Bertz CT molecular complexity index is 407. The smallest absolute Gasteiger partial charge is 0.324 e. The Morgan fingerprint density at radius 3 is 2.69 bits per heavy atom. The first kappa shape index (κ1) is 12.9. The summed E-state index contributed by atoms with van der Waals surface area (Å²) >= 11 is 5.65. The molecule has 1 aromatic rings. The topological polar surface area (TPSA) is 26.3 Å². The summed E-state index contributed by atoms with van der Waals surface area (Å²) in [6.07, 6.45) is -0.229. The molecule has 0 fully saturated rings. The van der Waals surface area contributed by atoms with Crippen molar-refractivity contribution in [2.24, 2.45) is 0 Å². The van der Waals surface area contributed by atoms with Crippen molar-refractivity contribution < 1.29 is 18.3 Å². The SMILES string of the molecule is COC(=O)C(Cl)Cc1c(F)ccc(C)c1F. The van der Waals surface area contributed by atoms with Crippen molar-refractivity contribution in [3.8, 4) is 0 Å². The van der Waals surface area contributed by atoms with Crippen molar-refractivity contribution in [1.29, 1.82) is 0 Å². The normalized spacial score (nSPS) is 12.3. The molecular weight excluding hydrogens is 238 g/mol. The van der Waals surface area contributed by atoms with Crippen LogP contribution >= 0.6 is 11.6 Å². The molecule has 0 N–H and O–H groups in total. The standard InChI is InChI=1S/C11H11ClF2O2/c1-6-3-4-9(13)7(10(6)14)5-8(12)11(15)16-2/h3-4,8H,5H2,1-2H3. The van der Waals surface area contributed by atoms with E-state index in [9.17, 15) is 13.6 Å². The number of methoxy groups -OCH3 is 1. The maximum absolute atomic E-state index is 13.5. The zero-order valence-electron chi connectivity index (χ0n) is 8.89. The van der Waals surface area contributed by atoms with Gasteiger partial charge < -0.3 is 4.74 Å². The predicted octanol–water partition coefficient (Wildman–Crippen LogP) is 2.60. The van der Waals surface area contributed by atoms with Crippen molar-refractivity contribution in [3.63, 3.8) is 0 Å². The fraction of sp³-hybridized carbons (Fsp3) is 0.364. The first-order valence-corrected chi connectivity index (χ1v) is 5.06. The first-order chi connectivity index (χ1) is 7.47. The second kappa shape index (κ2) is 5.25. The largest absolute Gasteiger partial charge is 0.468 e. The molecule has 0 aromatic heterocycles. The summed E-state index contributed by atoms with van der Waals surface area (Å²) in [5.74, 6) is -2.09. The molecule has 1 aromatic carbocycles. The van der Waals surface area contributed by atoms with Gasteiger partial charge >= 0.3 is 5.97 Å². The van der Waals surface area contributed by atoms with E-state index in [1.54, 1.807) is 0 Å². The third-order valence-corrected chi connectivity index (χ3v) is 2.55. The Kier molecular flexibility index (Phi) is 4.24. The maximum Gasteiger partial charge on any atom is 0.324 e. The van der Waals surface area contributed by atoms with Crippen LogP contribution in [0.2, 0.25) is 0 Å². The Labute approximate surface area is 97.2 Å². The molecule has 0 aliphatic rings. The molecule has 2 nitrogen and oxygen atoms in total. The molecule has 0 heterocycles. The fourth-order valence-electron chi connectivity index (χ4n) is 1.29. The quantitative estimate of drug-likeness (QED) is 0.607. The Hall–Kier alpha value is -1.16. The van der Waals surface area contributed by atoms with Crippen LogP contribution in [-0.2, 0) is 16.0 Å². The van der Waals surface area contributed by atoms with Gasteiger partial charge in [0, 0.05) is 12.0 Å². The van der Waals surface area contributed by atoms with E-state index in [4.69, 9.17) is 11.6 Å². The number of rotatable bonds is 3. The van der Waals surface area contributed by atoms with Gasteiger partial charge in [0.2, 0.25) is 0 Å². The molecular formula is C11H11ClF2O2. The lowest BCUT2D eigenvalue weighted by molar-refractivity contribution is -0.140. The summed E-state index contributed by atoms with van der Waals surface area (Å²) in [5.41, 5.74) is 0.121. The average Bonchev–Trinajstić information content (AvgIpc) is 2.28. The average molecular weight is 249 g/mol. The van der Waals surface area contributed by atoms with Crippen LogP contribution in [0.15, 0.2) is 12.1 Å². The molecule has 0 spiro atoms. The first-order valence-electron chi connectivity index (χ1n) is 4.62. The summed E-state index contributed by atoms with van der Waals surface area (Å²) in [5, 5.41) is -1.09. The lowest BCUT2D eigenvalue weighted by Crippen LogP contribution is -2.20. The third kappa shape index (κ3) is 2.70. The summed E-state index contributed by atoms with van der Waals surface area (Å²) in [4.78, 5) is 11.0. The van der Waals surface area contributed by atoms with E-state index >= 15 is 0 Å². The van der Waals surface area contributed by atoms with Gasteiger partial charge in [0.25, 0.3) is 0 Å². The van der Waals surface area contributed by atoms with Crippen molar-refractivity contribution in [1.82, 2.24) is 0 Å². The number of benzene rings is 1. The number of halogens is 3. The molecule has 0 aliphatic heterocycles. The van der Waals surface area contributed by atoms with Crippen molar-refractivity contribution >= 4 is 17.6 Å². The number of alkyl halides is 1. The highest BCUT2D eigenvalue weighted by molar-refractivity contribution is 6.30. The van der Waals surface area contributed by atoms with Gasteiger partial charge in [-0.05, 0) is 18.6 Å². The monoisotopic (exact) mass is 248 g/mol. The number of hydrogen-bond acceptors (Lipinski definition) is 2. The highest BCUT2D eigenvalue weighted by atomic mass is 35.5. The molecule has 0 bridgehead atoms. The molecule has 88 valence electrons. The molecule has 1 atom stereocenters. The minimum Gasteiger partial charge on any atom is -0.468 e. The van der Waals surface area contributed by atoms with E-state index in [1.165, 1.54) is 20.1 Å². The predicted molar refractivity (Wildman–Crippen MR) is 56.5 cm³/mol. The van der Waals surface area contributed by atoms with Gasteiger partial charge in [-0.15, -0.1) is 11.6 Å². The summed E-state index contributed by atoms with van der Waals surface area (Å²) in [6.45, 7) is 1.51. The van der Waals surface area contributed by atoms with E-state index < -0.39 is 23.0 Å². The minimum atomic E-state index is -1.09. The van der Waals surface area contributed by atoms with Gasteiger partial charge in [-0.2, -0.15) is 0 Å². The second-order valence-corrected chi connectivity index (χ2v) is 3.88. The zero-order valence-corrected chi connectivity index (χ0v) is 9.65. The van der Waals surface area contributed by atoms with Gasteiger partial charge in [-0.3, -0.25) is 4.79 Å². The summed E-state index contributed by atoms with van der Waals surface area (Å²) in [7, 11) is 1.17. The van der Waals surface area contributed by atoms with Gasteiger partial charge in [0.1, 0.15) is 17.0 Å². The molecule has 1 unspecified atom stereocenters. The molecule has 0 amide bonds. The number of carbonyl (C=O) groups is 1. The molecule has 0 aliphatic carbocycles. The molecule has 1 rings (SSSR count). The third-order valence-electron chi connectivity index (χ3n) is 2.22. The van der Waals surface area contributed by atoms with Crippen molar-refractivity contribution in [3.05, 3.63) is 34.9 Å². The van der Waals surface area contributed by atoms with E-state index in [0.717, 1.165) is 6.07 Å². The highest BCUT2D eigenvalue weighted by Gasteiger charge is 2.21. The Balaban J connectivity index is 2.97. The number of aryl methyl sites for hydroxylation is 1. The maximum atomic E-state index is 13.5. The van der Waals surface area contributed by atoms with Crippen LogP contribution < -0.4 is 0 Å². The van der Waals surface area contributed by atoms with Gasteiger partial charge in [0.15, 0.2) is 0 Å². The number of esters is 1. The van der Waals surface area contributed by atoms with Gasteiger partial charge in [-0.1, -0.05) is 6.07 Å².